The SMILES string of the molecule is Cc1cccc(C2SC(=S)N(C(Cc3ccc(O)cc3)C(=O)O)C2=O)c1. The van der Waals surface area contributed by atoms with Gasteiger partial charge in [-0.05, 0) is 30.2 Å². The molecular weight excluding hydrogens is 370 g/mol. The first-order chi connectivity index (χ1) is 12.4. The van der Waals surface area contributed by atoms with Gasteiger partial charge in [0.25, 0.3) is 0 Å². The molecule has 1 aliphatic rings. The second-order valence-corrected chi connectivity index (χ2v) is 7.85. The predicted octanol–water partition coefficient (Wildman–Crippen LogP) is 3.30. The second kappa shape index (κ2) is 7.47. The molecule has 2 unspecified atom stereocenters. The van der Waals surface area contributed by atoms with Crippen molar-refractivity contribution in [1.82, 2.24) is 4.90 Å². The third kappa shape index (κ3) is 3.73. The lowest BCUT2D eigenvalue weighted by Crippen LogP contribution is -2.45. The molecule has 2 N–H and O–H groups in total. The van der Waals surface area contributed by atoms with Gasteiger partial charge in [-0.15, -0.1) is 0 Å². The molecule has 0 aromatic heterocycles. The van der Waals surface area contributed by atoms with Gasteiger partial charge in [0.05, 0.1) is 0 Å². The number of aliphatic carboxylic acids is 1. The van der Waals surface area contributed by atoms with E-state index in [2.05, 4.69) is 0 Å². The molecule has 26 heavy (non-hydrogen) atoms. The molecule has 1 fully saturated rings. The van der Waals surface area contributed by atoms with Crippen molar-refractivity contribution in [2.75, 3.05) is 0 Å². The number of rotatable bonds is 5. The molecule has 1 amide bonds. The molecule has 1 saturated heterocycles. The van der Waals surface area contributed by atoms with Crippen molar-refractivity contribution in [2.45, 2.75) is 24.6 Å². The average molecular weight is 387 g/mol. The quantitative estimate of drug-likeness (QED) is 0.767. The predicted molar refractivity (Wildman–Crippen MR) is 104 cm³/mol. The lowest BCUT2D eigenvalue weighted by molar-refractivity contribution is -0.146. The molecular formula is C19H17NO4S2. The maximum Gasteiger partial charge on any atom is 0.327 e. The summed E-state index contributed by atoms with van der Waals surface area (Å²) in [7, 11) is 0. The van der Waals surface area contributed by atoms with E-state index in [9.17, 15) is 19.8 Å². The number of thiocarbonyl (C=S) groups is 1. The van der Waals surface area contributed by atoms with E-state index in [0.29, 0.717) is 5.56 Å². The van der Waals surface area contributed by atoms with E-state index in [1.54, 1.807) is 12.1 Å². The third-order valence-corrected chi connectivity index (χ3v) is 5.78. The van der Waals surface area contributed by atoms with E-state index in [1.807, 2.05) is 31.2 Å². The van der Waals surface area contributed by atoms with Gasteiger partial charge < -0.3 is 10.2 Å². The number of carboxylic acids is 1. The molecule has 2 aromatic rings. The van der Waals surface area contributed by atoms with Crippen LogP contribution in [0, 0.1) is 6.92 Å². The van der Waals surface area contributed by atoms with Crippen LogP contribution in [0.4, 0.5) is 0 Å². The molecule has 0 aliphatic carbocycles. The van der Waals surface area contributed by atoms with Crippen LogP contribution < -0.4 is 0 Å². The van der Waals surface area contributed by atoms with Crippen molar-refractivity contribution in [3.05, 3.63) is 65.2 Å². The molecule has 7 heteroatoms. The molecule has 0 bridgehead atoms. The van der Waals surface area contributed by atoms with Crippen molar-refractivity contribution >= 4 is 40.2 Å². The van der Waals surface area contributed by atoms with Crippen LogP contribution in [0.5, 0.6) is 5.75 Å². The highest BCUT2D eigenvalue weighted by atomic mass is 32.2. The fourth-order valence-corrected chi connectivity index (χ4v) is 4.43. The first kappa shape index (κ1) is 18.4. The van der Waals surface area contributed by atoms with Crippen molar-refractivity contribution in [2.24, 2.45) is 0 Å². The summed E-state index contributed by atoms with van der Waals surface area (Å²) in [6, 6.07) is 12.7. The number of aryl methyl sites for hydroxylation is 1. The summed E-state index contributed by atoms with van der Waals surface area (Å²) < 4.78 is 0.271. The average Bonchev–Trinajstić information content (AvgIpc) is 2.89. The monoisotopic (exact) mass is 387 g/mol. The zero-order chi connectivity index (χ0) is 18.8. The van der Waals surface area contributed by atoms with Gasteiger partial charge in [-0.25, -0.2) is 4.79 Å². The Morgan fingerprint density at radius 2 is 1.96 bits per heavy atom. The highest BCUT2D eigenvalue weighted by Gasteiger charge is 2.44. The molecule has 0 spiro atoms. The number of nitrogens with zero attached hydrogens (tertiary/aromatic N) is 1. The topological polar surface area (TPSA) is 77.8 Å². The first-order valence-corrected chi connectivity index (χ1v) is 9.26. The van der Waals surface area contributed by atoms with Crippen LogP contribution in [0.1, 0.15) is 21.9 Å². The fourth-order valence-electron chi connectivity index (χ4n) is 2.89. The van der Waals surface area contributed by atoms with Gasteiger partial charge in [0.2, 0.25) is 5.91 Å². The Kier molecular flexibility index (Phi) is 5.29. The number of phenols is 1. The van der Waals surface area contributed by atoms with E-state index in [-0.39, 0.29) is 22.4 Å². The van der Waals surface area contributed by atoms with E-state index in [4.69, 9.17) is 12.2 Å². The Morgan fingerprint density at radius 1 is 1.27 bits per heavy atom. The molecule has 2 atom stereocenters. The minimum absolute atomic E-state index is 0.100. The van der Waals surface area contributed by atoms with Crippen molar-refractivity contribution < 1.29 is 19.8 Å². The Hall–Kier alpha value is -2.38. The first-order valence-electron chi connectivity index (χ1n) is 7.98. The van der Waals surface area contributed by atoms with Crippen molar-refractivity contribution in [3.63, 3.8) is 0 Å². The number of amides is 1. The maximum absolute atomic E-state index is 12.9. The van der Waals surface area contributed by atoms with Crippen LogP contribution in [0.2, 0.25) is 0 Å². The Labute approximate surface area is 160 Å². The third-order valence-electron chi connectivity index (χ3n) is 4.18. The lowest BCUT2D eigenvalue weighted by atomic mass is 10.0. The molecule has 0 saturated carbocycles. The summed E-state index contributed by atoms with van der Waals surface area (Å²) >= 11 is 6.53. The number of carboxylic acid groups (broad SMARTS) is 1. The number of thioether (sulfide) groups is 1. The van der Waals surface area contributed by atoms with Crippen molar-refractivity contribution in [1.29, 1.82) is 0 Å². The van der Waals surface area contributed by atoms with Crippen LogP contribution in [0.15, 0.2) is 48.5 Å². The zero-order valence-electron chi connectivity index (χ0n) is 14.0. The number of aromatic hydroxyl groups is 1. The minimum Gasteiger partial charge on any atom is -0.508 e. The molecule has 0 radical (unpaired) electrons. The van der Waals surface area contributed by atoms with E-state index >= 15 is 0 Å². The summed E-state index contributed by atoms with van der Waals surface area (Å²) in [6.45, 7) is 1.94. The van der Waals surface area contributed by atoms with Gasteiger partial charge in [-0.1, -0.05) is 65.9 Å². The molecule has 5 nitrogen and oxygen atoms in total. The number of carbonyl (C=O) groups excluding carboxylic acids is 1. The lowest BCUT2D eigenvalue weighted by Gasteiger charge is -2.24. The van der Waals surface area contributed by atoms with Gasteiger partial charge in [0, 0.05) is 6.42 Å². The minimum atomic E-state index is -1.11. The van der Waals surface area contributed by atoms with Gasteiger partial charge in [-0.3, -0.25) is 9.69 Å². The smallest absolute Gasteiger partial charge is 0.327 e. The second-order valence-electron chi connectivity index (χ2n) is 6.11. The van der Waals surface area contributed by atoms with Crippen molar-refractivity contribution in [3.8, 4) is 5.75 Å². The fraction of sp³-hybridized carbons (Fsp3) is 0.211. The highest BCUT2D eigenvalue weighted by molar-refractivity contribution is 8.24. The van der Waals surface area contributed by atoms with Gasteiger partial charge in [0.15, 0.2) is 0 Å². The number of carbonyl (C=O) groups is 2. The largest absolute Gasteiger partial charge is 0.508 e. The Morgan fingerprint density at radius 3 is 2.58 bits per heavy atom. The number of phenolic OH excluding ortho intramolecular Hbond substituents is 1. The van der Waals surface area contributed by atoms with Crippen LogP contribution in [0.3, 0.4) is 0 Å². The Bertz CT molecular complexity index is 866. The van der Waals surface area contributed by atoms with E-state index in [0.717, 1.165) is 11.1 Å². The summed E-state index contributed by atoms with van der Waals surface area (Å²) in [5, 5.41) is 18.5. The van der Waals surface area contributed by atoms with E-state index < -0.39 is 17.3 Å². The van der Waals surface area contributed by atoms with Gasteiger partial charge in [0.1, 0.15) is 21.4 Å². The van der Waals surface area contributed by atoms with Crippen LogP contribution in [0.25, 0.3) is 0 Å². The molecule has 2 aromatic carbocycles. The summed E-state index contributed by atoms with van der Waals surface area (Å²) in [5.41, 5.74) is 2.55. The zero-order valence-corrected chi connectivity index (χ0v) is 15.6. The molecule has 1 aliphatic heterocycles. The molecule has 3 rings (SSSR count). The van der Waals surface area contributed by atoms with E-state index in [1.165, 1.54) is 28.8 Å². The van der Waals surface area contributed by atoms with Crippen LogP contribution in [-0.4, -0.2) is 37.4 Å². The highest BCUT2D eigenvalue weighted by Crippen LogP contribution is 2.41. The summed E-state index contributed by atoms with van der Waals surface area (Å²) in [6.07, 6.45) is 0.114. The maximum atomic E-state index is 12.9. The molecule has 134 valence electrons. The molecule has 1 heterocycles. The number of hydrogen-bond acceptors (Lipinski definition) is 5. The van der Waals surface area contributed by atoms with Crippen LogP contribution in [-0.2, 0) is 16.0 Å². The van der Waals surface area contributed by atoms with Gasteiger partial charge in [-0.2, -0.15) is 0 Å². The number of benzene rings is 2. The van der Waals surface area contributed by atoms with Gasteiger partial charge >= 0.3 is 5.97 Å². The Balaban J connectivity index is 1.87. The summed E-state index contributed by atoms with van der Waals surface area (Å²) in [5.74, 6) is -1.32. The summed E-state index contributed by atoms with van der Waals surface area (Å²) in [4.78, 5) is 26.0. The van der Waals surface area contributed by atoms with Crippen LogP contribution >= 0.6 is 24.0 Å². The standard InChI is InChI=1S/C19H17NO4S2/c1-11-3-2-4-13(9-11)16-17(22)20(19(25)26-16)15(18(23)24)10-12-5-7-14(21)8-6-12/h2-9,15-16,21H,10H2,1H3,(H,23,24). The number of hydrogen-bond donors (Lipinski definition) is 2. The normalized spacial score (nSPS) is 18.2.